The Morgan fingerprint density at radius 2 is 1.96 bits per heavy atom. The Balaban J connectivity index is 2.43. The number of fused-ring (bicyclic) bond motifs is 1. The number of carbonyl (C=O) groups is 1. The van der Waals surface area contributed by atoms with Gasteiger partial charge in [-0.2, -0.15) is 17.6 Å². The lowest BCUT2D eigenvalue weighted by Crippen LogP contribution is -2.38. The first kappa shape index (κ1) is 17.7. The van der Waals surface area contributed by atoms with E-state index in [0.29, 0.717) is 43.5 Å². The molecule has 1 aromatic carbocycles. The number of aryl methyl sites for hydroxylation is 1. The van der Waals surface area contributed by atoms with Gasteiger partial charge < -0.3 is 10.0 Å². The molecular weight excluding hydrogens is 314 g/mol. The Morgan fingerprint density at radius 3 is 2.57 bits per heavy atom. The SMILES string of the molecule is CCCC(=O)N1CCCCc2cc(C(O)(F)C(F)(F)F)ccc21. The van der Waals surface area contributed by atoms with Crippen LogP contribution in [0.5, 0.6) is 0 Å². The second-order valence-electron chi connectivity index (χ2n) is 5.72. The van der Waals surface area contributed by atoms with E-state index in [9.17, 15) is 27.5 Å². The number of anilines is 1. The summed E-state index contributed by atoms with van der Waals surface area (Å²) in [6, 6.07) is 3.20. The highest BCUT2D eigenvalue weighted by Gasteiger charge is 2.56. The number of alkyl halides is 4. The van der Waals surface area contributed by atoms with E-state index < -0.39 is 17.6 Å². The van der Waals surface area contributed by atoms with Crippen LogP contribution < -0.4 is 4.90 Å². The number of halogens is 4. The number of aliphatic hydroxyl groups is 1. The van der Waals surface area contributed by atoms with Crippen molar-refractivity contribution in [1.29, 1.82) is 0 Å². The fourth-order valence-corrected chi connectivity index (χ4v) is 2.73. The van der Waals surface area contributed by atoms with Crippen LogP contribution in [0, 0.1) is 0 Å². The third-order valence-electron chi connectivity index (χ3n) is 3.97. The molecule has 1 N–H and O–H groups in total. The molecule has 3 nitrogen and oxygen atoms in total. The lowest BCUT2D eigenvalue weighted by Gasteiger charge is -2.26. The number of amides is 1. The number of benzene rings is 1. The first-order valence-electron chi connectivity index (χ1n) is 7.60. The molecule has 1 amide bonds. The molecular formula is C16H19F4NO2. The van der Waals surface area contributed by atoms with Crippen molar-refractivity contribution in [2.45, 2.75) is 51.1 Å². The third-order valence-corrected chi connectivity index (χ3v) is 3.97. The maximum atomic E-state index is 13.7. The summed E-state index contributed by atoms with van der Waals surface area (Å²) >= 11 is 0. The molecule has 1 aliphatic heterocycles. The smallest absolute Gasteiger partial charge is 0.351 e. The van der Waals surface area contributed by atoms with Crippen molar-refractivity contribution >= 4 is 11.6 Å². The number of hydrogen-bond donors (Lipinski definition) is 1. The Kier molecular flexibility index (Phi) is 4.98. The fourth-order valence-electron chi connectivity index (χ4n) is 2.73. The fraction of sp³-hybridized carbons (Fsp3) is 0.562. The molecule has 128 valence electrons. The van der Waals surface area contributed by atoms with Gasteiger partial charge in [0.2, 0.25) is 5.91 Å². The van der Waals surface area contributed by atoms with Crippen LogP contribution in [-0.2, 0) is 17.1 Å². The monoisotopic (exact) mass is 333 g/mol. The van der Waals surface area contributed by atoms with Crippen LogP contribution in [-0.4, -0.2) is 23.7 Å². The normalized spacial score (nSPS) is 18.1. The first-order valence-corrected chi connectivity index (χ1v) is 7.60. The molecule has 1 unspecified atom stereocenters. The second kappa shape index (κ2) is 6.47. The maximum Gasteiger partial charge on any atom is 0.453 e. The average Bonchev–Trinajstić information content (AvgIpc) is 2.67. The van der Waals surface area contributed by atoms with Crippen molar-refractivity contribution in [1.82, 2.24) is 0 Å². The van der Waals surface area contributed by atoms with Gasteiger partial charge in [0.25, 0.3) is 0 Å². The molecule has 0 aliphatic carbocycles. The van der Waals surface area contributed by atoms with Crippen LogP contribution in [0.1, 0.15) is 43.7 Å². The zero-order chi connectivity index (χ0) is 17.3. The summed E-state index contributed by atoms with van der Waals surface area (Å²) < 4.78 is 51.7. The van der Waals surface area contributed by atoms with Crippen molar-refractivity contribution in [3.63, 3.8) is 0 Å². The minimum absolute atomic E-state index is 0.102. The van der Waals surface area contributed by atoms with Gasteiger partial charge in [0, 0.05) is 24.2 Å². The van der Waals surface area contributed by atoms with E-state index in [2.05, 4.69) is 0 Å². The predicted octanol–water partition coefficient (Wildman–Crippen LogP) is 3.83. The number of hydrogen-bond acceptors (Lipinski definition) is 2. The molecule has 0 aromatic heterocycles. The van der Waals surface area contributed by atoms with Gasteiger partial charge in [-0.05, 0) is 43.4 Å². The molecule has 0 spiro atoms. The molecule has 0 bridgehead atoms. The quantitative estimate of drug-likeness (QED) is 0.854. The third kappa shape index (κ3) is 3.49. The van der Waals surface area contributed by atoms with E-state index in [1.807, 2.05) is 6.92 Å². The highest BCUT2D eigenvalue weighted by Crippen LogP contribution is 2.42. The van der Waals surface area contributed by atoms with Crippen LogP contribution in [0.4, 0.5) is 23.2 Å². The van der Waals surface area contributed by atoms with E-state index >= 15 is 0 Å². The molecule has 2 rings (SSSR count). The summed E-state index contributed by atoms with van der Waals surface area (Å²) in [5.74, 6) is -4.50. The highest BCUT2D eigenvalue weighted by molar-refractivity contribution is 5.94. The van der Waals surface area contributed by atoms with E-state index in [1.54, 1.807) is 4.90 Å². The summed E-state index contributed by atoms with van der Waals surface area (Å²) in [7, 11) is 0. The second-order valence-corrected chi connectivity index (χ2v) is 5.72. The molecule has 7 heteroatoms. The van der Waals surface area contributed by atoms with Gasteiger partial charge in [0.15, 0.2) is 0 Å². The largest absolute Gasteiger partial charge is 0.453 e. The Hall–Kier alpha value is -1.63. The van der Waals surface area contributed by atoms with Crippen molar-refractivity contribution < 1.29 is 27.5 Å². The topological polar surface area (TPSA) is 40.5 Å². The van der Waals surface area contributed by atoms with Gasteiger partial charge in [-0.3, -0.25) is 4.79 Å². The zero-order valence-electron chi connectivity index (χ0n) is 12.8. The standard InChI is InChI=1S/C16H19F4NO2/c1-2-5-14(22)21-9-4-3-6-11-10-12(7-8-13(11)21)15(17,23)16(18,19)20/h7-8,10,23H,2-6,9H2,1H3. The maximum absolute atomic E-state index is 13.7. The van der Waals surface area contributed by atoms with Gasteiger partial charge in [0.1, 0.15) is 0 Å². The molecule has 1 aromatic rings. The average molecular weight is 333 g/mol. The van der Waals surface area contributed by atoms with Crippen molar-refractivity contribution in [2.24, 2.45) is 0 Å². The minimum atomic E-state index is -5.41. The first-order chi connectivity index (χ1) is 10.7. The van der Waals surface area contributed by atoms with Gasteiger partial charge >= 0.3 is 12.0 Å². The molecule has 0 fully saturated rings. The van der Waals surface area contributed by atoms with Gasteiger partial charge in [-0.25, -0.2) is 0 Å². The highest BCUT2D eigenvalue weighted by atomic mass is 19.4. The van der Waals surface area contributed by atoms with E-state index in [0.717, 1.165) is 18.6 Å². The summed E-state index contributed by atoms with van der Waals surface area (Å²) in [6.07, 6.45) is -2.56. The minimum Gasteiger partial charge on any atom is -0.351 e. The molecule has 0 saturated carbocycles. The van der Waals surface area contributed by atoms with Gasteiger partial charge in [0.05, 0.1) is 0 Å². The number of nitrogens with zero attached hydrogens (tertiary/aromatic N) is 1. The molecule has 1 heterocycles. The van der Waals surface area contributed by atoms with E-state index in [-0.39, 0.29) is 5.91 Å². The van der Waals surface area contributed by atoms with Crippen molar-refractivity contribution in [3.05, 3.63) is 29.3 Å². The Bertz CT molecular complexity index is 584. The molecule has 0 saturated heterocycles. The summed E-state index contributed by atoms with van der Waals surface area (Å²) in [6.45, 7) is 2.36. The van der Waals surface area contributed by atoms with Gasteiger partial charge in [-0.1, -0.05) is 13.0 Å². The summed E-state index contributed by atoms with van der Waals surface area (Å²) in [4.78, 5) is 13.7. The van der Waals surface area contributed by atoms with Gasteiger partial charge in [-0.15, -0.1) is 0 Å². The Morgan fingerprint density at radius 1 is 1.26 bits per heavy atom. The number of rotatable bonds is 3. The predicted molar refractivity (Wildman–Crippen MR) is 77.7 cm³/mol. The van der Waals surface area contributed by atoms with Crippen LogP contribution in [0.15, 0.2) is 18.2 Å². The molecule has 23 heavy (non-hydrogen) atoms. The molecule has 1 atom stereocenters. The van der Waals surface area contributed by atoms with Crippen LogP contribution in [0.2, 0.25) is 0 Å². The van der Waals surface area contributed by atoms with Crippen molar-refractivity contribution in [3.8, 4) is 0 Å². The van der Waals surface area contributed by atoms with Crippen LogP contribution >= 0.6 is 0 Å². The lowest BCUT2D eigenvalue weighted by molar-refractivity contribution is -0.323. The summed E-state index contributed by atoms with van der Waals surface area (Å²) in [5.41, 5.74) is 0.0981. The molecule has 0 radical (unpaired) electrons. The Labute approximate surface area is 131 Å². The van der Waals surface area contributed by atoms with Crippen LogP contribution in [0.3, 0.4) is 0 Å². The zero-order valence-corrected chi connectivity index (χ0v) is 12.8. The van der Waals surface area contributed by atoms with Crippen LogP contribution in [0.25, 0.3) is 0 Å². The van der Waals surface area contributed by atoms with E-state index in [4.69, 9.17) is 0 Å². The summed E-state index contributed by atoms with van der Waals surface area (Å²) in [5, 5.41) is 9.18. The van der Waals surface area contributed by atoms with Crippen molar-refractivity contribution in [2.75, 3.05) is 11.4 Å². The van der Waals surface area contributed by atoms with E-state index in [1.165, 1.54) is 6.07 Å². The lowest BCUT2D eigenvalue weighted by atomic mass is 9.99. The molecule has 1 aliphatic rings. The number of carbonyl (C=O) groups excluding carboxylic acids is 1.